The Morgan fingerprint density at radius 3 is 2.81 bits per heavy atom. The highest BCUT2D eigenvalue weighted by Gasteiger charge is 2.27. The maximum absolute atomic E-state index is 12.7. The van der Waals surface area contributed by atoms with E-state index >= 15 is 0 Å². The van der Waals surface area contributed by atoms with Crippen molar-refractivity contribution in [3.63, 3.8) is 0 Å². The normalized spacial score (nSPS) is 21.1. The highest BCUT2D eigenvalue weighted by Crippen LogP contribution is 2.21. The van der Waals surface area contributed by atoms with Crippen molar-refractivity contribution < 1.29 is 14.3 Å². The number of carbonyl (C=O) groups excluding carboxylic acids is 1. The number of amides is 1. The van der Waals surface area contributed by atoms with Gasteiger partial charge in [0.25, 0.3) is 5.91 Å². The zero-order valence-corrected chi connectivity index (χ0v) is 16.5. The van der Waals surface area contributed by atoms with Crippen LogP contribution in [0.15, 0.2) is 24.3 Å². The number of benzene rings is 1. The predicted octanol–water partition coefficient (Wildman–Crippen LogP) is 2.90. The average molecular weight is 383 g/mol. The maximum atomic E-state index is 12.7. The standard InChI is InChI=1S/C20H30N2O3.ClH/c1-17-5-4-7-19(15-17)25-16-20(23)22-9-3-2-6-18(22)8-10-21-11-13-24-14-12-21;/h4-5,7,15,18H,2-3,6,8-14,16H2,1H3;1H. The third-order valence-corrected chi connectivity index (χ3v) is 5.18. The number of piperidine rings is 1. The van der Waals surface area contributed by atoms with Gasteiger partial charge < -0.3 is 14.4 Å². The van der Waals surface area contributed by atoms with Crippen molar-refractivity contribution in [2.45, 2.75) is 38.6 Å². The van der Waals surface area contributed by atoms with Gasteiger partial charge in [0.2, 0.25) is 0 Å². The minimum Gasteiger partial charge on any atom is -0.484 e. The molecule has 1 aromatic carbocycles. The zero-order valence-electron chi connectivity index (χ0n) is 15.7. The van der Waals surface area contributed by atoms with Crippen LogP contribution in [0, 0.1) is 6.92 Å². The van der Waals surface area contributed by atoms with Crippen LogP contribution in [0.25, 0.3) is 0 Å². The summed E-state index contributed by atoms with van der Waals surface area (Å²) in [5.74, 6) is 0.892. The molecule has 2 aliphatic heterocycles. The number of morpholine rings is 1. The topological polar surface area (TPSA) is 42.0 Å². The first-order chi connectivity index (χ1) is 12.2. The van der Waals surface area contributed by atoms with Crippen LogP contribution in [-0.2, 0) is 9.53 Å². The van der Waals surface area contributed by atoms with E-state index in [1.54, 1.807) is 0 Å². The van der Waals surface area contributed by atoms with Gasteiger partial charge in [-0.2, -0.15) is 0 Å². The molecule has 2 saturated heterocycles. The minimum absolute atomic E-state index is 0. The summed E-state index contributed by atoms with van der Waals surface area (Å²) in [5.41, 5.74) is 1.14. The van der Waals surface area contributed by atoms with E-state index in [0.717, 1.165) is 70.0 Å². The molecule has 1 amide bonds. The molecule has 2 heterocycles. The van der Waals surface area contributed by atoms with E-state index in [1.807, 2.05) is 31.2 Å². The van der Waals surface area contributed by atoms with Gasteiger partial charge in [-0.25, -0.2) is 0 Å². The number of aryl methyl sites for hydroxylation is 1. The van der Waals surface area contributed by atoms with Gasteiger partial charge >= 0.3 is 0 Å². The summed E-state index contributed by atoms with van der Waals surface area (Å²) in [6, 6.07) is 8.22. The maximum Gasteiger partial charge on any atom is 0.260 e. The number of rotatable bonds is 6. The second-order valence-electron chi connectivity index (χ2n) is 7.08. The van der Waals surface area contributed by atoms with Crippen LogP contribution in [0.2, 0.25) is 0 Å². The Kier molecular flexibility index (Phi) is 8.69. The van der Waals surface area contributed by atoms with Crippen molar-refractivity contribution in [2.24, 2.45) is 0 Å². The van der Waals surface area contributed by atoms with E-state index in [0.29, 0.717) is 6.04 Å². The highest BCUT2D eigenvalue weighted by molar-refractivity contribution is 5.85. The lowest BCUT2D eigenvalue weighted by molar-refractivity contribution is -0.137. The SMILES string of the molecule is Cc1cccc(OCC(=O)N2CCCCC2CCN2CCOCC2)c1.Cl. The number of halogens is 1. The molecule has 0 radical (unpaired) electrons. The highest BCUT2D eigenvalue weighted by atomic mass is 35.5. The number of carbonyl (C=O) groups is 1. The largest absolute Gasteiger partial charge is 0.484 e. The first-order valence-electron chi connectivity index (χ1n) is 9.51. The Balaban J connectivity index is 0.00000243. The Bertz CT molecular complexity index is 564. The summed E-state index contributed by atoms with van der Waals surface area (Å²) < 4.78 is 11.1. The predicted molar refractivity (Wildman–Crippen MR) is 105 cm³/mol. The molecule has 5 nitrogen and oxygen atoms in total. The summed E-state index contributed by atoms with van der Waals surface area (Å²) in [7, 11) is 0. The quantitative estimate of drug-likeness (QED) is 0.758. The molecule has 26 heavy (non-hydrogen) atoms. The molecule has 2 aliphatic rings. The summed E-state index contributed by atoms with van der Waals surface area (Å²) in [6.45, 7) is 7.77. The van der Waals surface area contributed by atoms with Gasteiger partial charge in [-0.3, -0.25) is 9.69 Å². The van der Waals surface area contributed by atoms with Gasteiger partial charge in [0.05, 0.1) is 13.2 Å². The van der Waals surface area contributed by atoms with E-state index in [4.69, 9.17) is 9.47 Å². The fourth-order valence-electron chi connectivity index (χ4n) is 3.72. The Labute approximate surface area is 163 Å². The summed E-state index contributed by atoms with van der Waals surface area (Å²) in [5, 5.41) is 0. The smallest absolute Gasteiger partial charge is 0.260 e. The van der Waals surface area contributed by atoms with Crippen molar-refractivity contribution in [1.82, 2.24) is 9.80 Å². The summed E-state index contributed by atoms with van der Waals surface area (Å²) in [6.07, 6.45) is 4.48. The second-order valence-corrected chi connectivity index (χ2v) is 7.08. The van der Waals surface area contributed by atoms with Crippen LogP contribution in [0.3, 0.4) is 0 Å². The van der Waals surface area contributed by atoms with Crippen molar-refractivity contribution in [1.29, 1.82) is 0 Å². The van der Waals surface area contributed by atoms with Crippen molar-refractivity contribution in [3.05, 3.63) is 29.8 Å². The Morgan fingerprint density at radius 2 is 2.04 bits per heavy atom. The van der Waals surface area contributed by atoms with E-state index in [-0.39, 0.29) is 24.9 Å². The monoisotopic (exact) mass is 382 g/mol. The van der Waals surface area contributed by atoms with Crippen LogP contribution in [0.1, 0.15) is 31.2 Å². The van der Waals surface area contributed by atoms with Gasteiger partial charge in [-0.05, 0) is 50.3 Å². The average Bonchev–Trinajstić information content (AvgIpc) is 2.65. The molecule has 0 N–H and O–H groups in total. The number of ether oxygens (including phenoxy) is 2. The summed E-state index contributed by atoms with van der Waals surface area (Å²) in [4.78, 5) is 17.2. The van der Waals surface area contributed by atoms with Crippen LogP contribution < -0.4 is 4.74 Å². The fourth-order valence-corrected chi connectivity index (χ4v) is 3.72. The van der Waals surface area contributed by atoms with E-state index < -0.39 is 0 Å². The number of hydrogen-bond donors (Lipinski definition) is 0. The lowest BCUT2D eigenvalue weighted by atomic mass is 9.99. The third-order valence-electron chi connectivity index (χ3n) is 5.18. The number of hydrogen-bond acceptors (Lipinski definition) is 4. The van der Waals surface area contributed by atoms with Crippen molar-refractivity contribution in [3.8, 4) is 5.75 Å². The van der Waals surface area contributed by atoms with Crippen LogP contribution in [0.4, 0.5) is 0 Å². The Morgan fingerprint density at radius 1 is 1.23 bits per heavy atom. The molecule has 2 fully saturated rings. The van der Waals surface area contributed by atoms with Crippen LogP contribution >= 0.6 is 12.4 Å². The molecule has 3 rings (SSSR count). The van der Waals surface area contributed by atoms with Crippen LogP contribution in [0.5, 0.6) is 5.75 Å². The number of nitrogens with zero attached hydrogens (tertiary/aromatic N) is 2. The first-order valence-corrected chi connectivity index (χ1v) is 9.51. The van der Waals surface area contributed by atoms with E-state index in [9.17, 15) is 4.79 Å². The van der Waals surface area contributed by atoms with Gasteiger partial charge in [0.1, 0.15) is 5.75 Å². The van der Waals surface area contributed by atoms with Gasteiger partial charge in [-0.15, -0.1) is 12.4 Å². The summed E-state index contributed by atoms with van der Waals surface area (Å²) >= 11 is 0. The zero-order chi connectivity index (χ0) is 17.5. The molecule has 1 unspecified atom stereocenters. The van der Waals surface area contributed by atoms with Gasteiger partial charge in [0, 0.05) is 32.2 Å². The molecule has 146 valence electrons. The molecular formula is C20H31ClN2O3. The van der Waals surface area contributed by atoms with Crippen molar-refractivity contribution >= 4 is 18.3 Å². The second kappa shape index (κ2) is 10.8. The minimum atomic E-state index is 0. The van der Waals surface area contributed by atoms with E-state index in [1.165, 1.54) is 6.42 Å². The lowest BCUT2D eigenvalue weighted by Crippen LogP contribution is -2.47. The molecule has 6 heteroatoms. The van der Waals surface area contributed by atoms with Crippen molar-refractivity contribution in [2.75, 3.05) is 46.0 Å². The molecule has 0 bridgehead atoms. The van der Waals surface area contributed by atoms with Gasteiger partial charge in [0.15, 0.2) is 6.61 Å². The first kappa shape index (κ1) is 21.0. The molecule has 1 aromatic rings. The van der Waals surface area contributed by atoms with Gasteiger partial charge in [-0.1, -0.05) is 12.1 Å². The molecule has 1 atom stereocenters. The lowest BCUT2D eigenvalue weighted by Gasteiger charge is -2.37. The Hall–Kier alpha value is -1.30. The third kappa shape index (κ3) is 6.15. The molecule has 0 spiro atoms. The van der Waals surface area contributed by atoms with Crippen LogP contribution in [-0.4, -0.2) is 67.7 Å². The fraction of sp³-hybridized carbons (Fsp3) is 0.650. The molecular weight excluding hydrogens is 352 g/mol. The molecule has 0 saturated carbocycles. The van der Waals surface area contributed by atoms with E-state index in [2.05, 4.69) is 9.80 Å². The molecule has 0 aromatic heterocycles. The molecule has 0 aliphatic carbocycles. The number of likely N-dealkylation sites (tertiary alicyclic amines) is 1.